The topological polar surface area (TPSA) is 24.5 Å². The number of rotatable bonds is 4. The van der Waals surface area contributed by atoms with Gasteiger partial charge < -0.3 is 10.1 Å². The molecule has 1 heterocycles. The minimum Gasteiger partial charge on any atom is -0.434 e. The zero-order valence-corrected chi connectivity index (χ0v) is 12.2. The molecular weight excluding hydrogens is 262 g/mol. The van der Waals surface area contributed by atoms with Crippen LogP contribution in [0.2, 0.25) is 0 Å². The predicted molar refractivity (Wildman–Crippen MR) is 75.3 cm³/mol. The van der Waals surface area contributed by atoms with Crippen LogP contribution >= 0.6 is 0 Å². The second-order valence-corrected chi connectivity index (χ2v) is 5.53. The van der Waals surface area contributed by atoms with Crippen LogP contribution in [0.4, 0.5) is 8.78 Å². The van der Waals surface area contributed by atoms with Gasteiger partial charge in [0.2, 0.25) is 0 Å². The maximum Gasteiger partial charge on any atom is 0.387 e. The first kappa shape index (κ1) is 15.2. The summed E-state index contributed by atoms with van der Waals surface area (Å²) in [6, 6.07) is 4.38. The normalized spacial score (nSPS) is 20.4. The molecule has 0 radical (unpaired) electrons. The quantitative estimate of drug-likeness (QED) is 0.920. The summed E-state index contributed by atoms with van der Waals surface area (Å²) in [4.78, 5) is 2.38. The first-order valence-corrected chi connectivity index (χ1v) is 6.96. The Balaban J connectivity index is 2.09. The van der Waals surface area contributed by atoms with E-state index in [0.29, 0.717) is 11.8 Å². The summed E-state index contributed by atoms with van der Waals surface area (Å²) in [5.74, 6) is 0.303. The molecule has 1 aromatic carbocycles. The van der Waals surface area contributed by atoms with Crippen molar-refractivity contribution in [3.8, 4) is 5.75 Å². The van der Waals surface area contributed by atoms with Crippen molar-refractivity contribution in [1.82, 2.24) is 10.2 Å². The largest absolute Gasteiger partial charge is 0.434 e. The van der Waals surface area contributed by atoms with E-state index in [9.17, 15) is 8.78 Å². The molecule has 0 aliphatic carbocycles. The molecule has 1 aliphatic rings. The second kappa shape index (κ2) is 6.50. The number of nitrogens with one attached hydrogen (secondary N) is 1. The highest BCUT2D eigenvalue weighted by Gasteiger charge is 2.17. The van der Waals surface area contributed by atoms with E-state index in [1.165, 1.54) is 0 Å². The minimum atomic E-state index is -2.77. The zero-order chi connectivity index (χ0) is 14.7. The monoisotopic (exact) mass is 284 g/mol. The number of ether oxygens (including phenoxy) is 1. The second-order valence-electron chi connectivity index (χ2n) is 5.53. The fraction of sp³-hybridized carbons (Fsp3) is 0.600. The van der Waals surface area contributed by atoms with Crippen molar-refractivity contribution in [3.63, 3.8) is 0 Å². The molecule has 0 amide bonds. The average Bonchev–Trinajstić information content (AvgIpc) is 2.33. The van der Waals surface area contributed by atoms with Gasteiger partial charge in [0.25, 0.3) is 0 Å². The molecule has 112 valence electrons. The van der Waals surface area contributed by atoms with E-state index >= 15 is 0 Å². The number of benzene rings is 1. The van der Waals surface area contributed by atoms with E-state index < -0.39 is 6.61 Å². The molecule has 1 saturated heterocycles. The van der Waals surface area contributed by atoms with Gasteiger partial charge in [-0.15, -0.1) is 0 Å². The third kappa shape index (κ3) is 3.90. The summed E-state index contributed by atoms with van der Waals surface area (Å²) in [6.45, 7) is 6.89. The molecule has 0 aromatic heterocycles. The van der Waals surface area contributed by atoms with Crippen molar-refractivity contribution in [2.45, 2.75) is 40.0 Å². The molecule has 0 spiro atoms. The third-order valence-corrected chi connectivity index (χ3v) is 3.59. The molecule has 0 saturated carbocycles. The van der Waals surface area contributed by atoms with Gasteiger partial charge in [-0.3, -0.25) is 4.90 Å². The molecule has 5 heteroatoms. The lowest BCUT2D eigenvalue weighted by atomic mass is 10.0. The van der Waals surface area contributed by atoms with Crippen molar-refractivity contribution in [3.05, 3.63) is 28.8 Å². The number of alkyl halides is 2. The zero-order valence-electron chi connectivity index (χ0n) is 12.2. The lowest BCUT2D eigenvalue weighted by Crippen LogP contribution is -2.48. The van der Waals surface area contributed by atoms with Gasteiger partial charge in [-0.1, -0.05) is 12.1 Å². The highest BCUT2D eigenvalue weighted by Crippen LogP contribution is 2.27. The highest BCUT2D eigenvalue weighted by atomic mass is 19.3. The van der Waals surface area contributed by atoms with Gasteiger partial charge in [0.1, 0.15) is 5.75 Å². The van der Waals surface area contributed by atoms with E-state index in [0.717, 1.165) is 42.9 Å². The van der Waals surface area contributed by atoms with E-state index in [1.54, 1.807) is 0 Å². The van der Waals surface area contributed by atoms with Gasteiger partial charge in [-0.2, -0.15) is 8.78 Å². The first-order chi connectivity index (χ1) is 9.45. The highest BCUT2D eigenvalue weighted by molar-refractivity contribution is 5.43. The molecule has 0 unspecified atom stereocenters. The van der Waals surface area contributed by atoms with E-state index in [1.807, 2.05) is 26.0 Å². The molecule has 1 aliphatic heterocycles. The van der Waals surface area contributed by atoms with Gasteiger partial charge in [0.15, 0.2) is 0 Å². The minimum absolute atomic E-state index is 0.303. The Labute approximate surface area is 118 Å². The molecular formula is C15H22F2N2O. The smallest absolute Gasteiger partial charge is 0.387 e. The Morgan fingerprint density at radius 2 is 2.00 bits per heavy atom. The van der Waals surface area contributed by atoms with Gasteiger partial charge in [-0.25, -0.2) is 0 Å². The first-order valence-electron chi connectivity index (χ1n) is 6.96. The lowest BCUT2D eigenvalue weighted by molar-refractivity contribution is -0.0507. The fourth-order valence-corrected chi connectivity index (χ4v) is 2.82. The summed E-state index contributed by atoms with van der Waals surface area (Å²) >= 11 is 0. The Morgan fingerprint density at radius 1 is 1.35 bits per heavy atom. The van der Waals surface area contributed by atoms with Crippen LogP contribution in [-0.4, -0.2) is 37.2 Å². The molecule has 1 fully saturated rings. The SMILES string of the molecule is Cc1cc(CN2CCN[C@H](C)C2)cc(C)c1OC(F)F. The number of hydrogen-bond acceptors (Lipinski definition) is 3. The lowest BCUT2D eigenvalue weighted by Gasteiger charge is -2.32. The Kier molecular flexibility index (Phi) is 4.94. The Hall–Kier alpha value is -1.20. The van der Waals surface area contributed by atoms with Crippen LogP contribution in [0.15, 0.2) is 12.1 Å². The summed E-state index contributed by atoms with van der Waals surface area (Å²) in [6.07, 6.45) is 0. The van der Waals surface area contributed by atoms with Crippen LogP contribution in [-0.2, 0) is 6.54 Å². The number of piperazine rings is 1. The van der Waals surface area contributed by atoms with Crippen molar-refractivity contribution in [1.29, 1.82) is 0 Å². The molecule has 1 atom stereocenters. The number of nitrogens with zero attached hydrogens (tertiary/aromatic N) is 1. The van der Waals surface area contributed by atoms with Gasteiger partial charge >= 0.3 is 6.61 Å². The van der Waals surface area contributed by atoms with Crippen molar-refractivity contribution >= 4 is 0 Å². The summed E-state index contributed by atoms with van der Waals surface area (Å²) < 4.78 is 29.3. The van der Waals surface area contributed by atoms with Crippen LogP contribution in [0, 0.1) is 13.8 Å². The Morgan fingerprint density at radius 3 is 2.55 bits per heavy atom. The maximum absolute atomic E-state index is 12.4. The fourth-order valence-electron chi connectivity index (χ4n) is 2.82. The third-order valence-electron chi connectivity index (χ3n) is 3.59. The molecule has 1 aromatic rings. The average molecular weight is 284 g/mol. The number of halogens is 2. The number of hydrogen-bond donors (Lipinski definition) is 1. The van der Waals surface area contributed by atoms with Crippen molar-refractivity contribution < 1.29 is 13.5 Å². The van der Waals surface area contributed by atoms with Crippen LogP contribution in [0.1, 0.15) is 23.6 Å². The van der Waals surface area contributed by atoms with Crippen LogP contribution in [0.3, 0.4) is 0 Å². The van der Waals surface area contributed by atoms with Crippen molar-refractivity contribution in [2.24, 2.45) is 0 Å². The molecule has 1 N–H and O–H groups in total. The van der Waals surface area contributed by atoms with E-state index in [4.69, 9.17) is 0 Å². The summed E-state index contributed by atoms with van der Waals surface area (Å²) in [7, 11) is 0. The Bertz CT molecular complexity index is 442. The van der Waals surface area contributed by atoms with Crippen LogP contribution < -0.4 is 10.1 Å². The molecule has 2 rings (SSSR count). The maximum atomic E-state index is 12.4. The van der Waals surface area contributed by atoms with Crippen LogP contribution in [0.5, 0.6) is 5.75 Å². The van der Waals surface area contributed by atoms with Crippen molar-refractivity contribution in [2.75, 3.05) is 19.6 Å². The van der Waals surface area contributed by atoms with E-state index in [-0.39, 0.29) is 0 Å². The summed E-state index contributed by atoms with van der Waals surface area (Å²) in [5.41, 5.74) is 2.68. The number of aryl methyl sites for hydroxylation is 2. The standard InChI is InChI=1S/C15H22F2N2O/c1-10-6-13(7-11(2)14(10)20-15(16)17)9-19-5-4-18-12(3)8-19/h6-7,12,15,18H,4-5,8-9H2,1-3H3/t12-/m1/s1. The summed E-state index contributed by atoms with van der Waals surface area (Å²) in [5, 5.41) is 3.41. The molecule has 3 nitrogen and oxygen atoms in total. The molecule has 0 bridgehead atoms. The predicted octanol–water partition coefficient (Wildman–Crippen LogP) is 2.70. The van der Waals surface area contributed by atoms with Crippen LogP contribution in [0.25, 0.3) is 0 Å². The molecule has 20 heavy (non-hydrogen) atoms. The van der Waals surface area contributed by atoms with Gasteiger partial charge in [0.05, 0.1) is 0 Å². The van der Waals surface area contributed by atoms with E-state index in [2.05, 4.69) is 21.9 Å². The van der Waals surface area contributed by atoms with Gasteiger partial charge in [0, 0.05) is 32.2 Å². The van der Waals surface area contributed by atoms with Gasteiger partial charge in [-0.05, 0) is 37.5 Å².